The number of nitro benzene ring substituents is 1. The zero-order chi connectivity index (χ0) is 13.4. The Balaban J connectivity index is 2.07. The van der Waals surface area contributed by atoms with Gasteiger partial charge in [0, 0.05) is 18.1 Å². The second-order valence-electron chi connectivity index (χ2n) is 4.64. The Labute approximate surface area is 109 Å². The first-order valence-corrected chi connectivity index (χ1v) is 6.19. The van der Waals surface area contributed by atoms with Crippen molar-refractivity contribution in [2.45, 2.75) is 25.5 Å². The van der Waals surface area contributed by atoms with Gasteiger partial charge >= 0.3 is 0 Å². The number of nitrogens with zero attached hydrogens (tertiary/aromatic N) is 3. The van der Waals surface area contributed by atoms with E-state index in [1.54, 1.807) is 16.9 Å². The molecule has 1 atom stereocenters. The van der Waals surface area contributed by atoms with E-state index in [0.717, 1.165) is 24.8 Å². The van der Waals surface area contributed by atoms with Crippen LogP contribution in [0.5, 0.6) is 0 Å². The Morgan fingerprint density at radius 1 is 1.47 bits per heavy atom. The fourth-order valence-electron chi connectivity index (χ4n) is 2.40. The zero-order valence-electron chi connectivity index (χ0n) is 10.3. The number of nitrogen functional groups attached to an aromatic ring is 1. The molecule has 0 spiro atoms. The Hall–Kier alpha value is -2.15. The van der Waals surface area contributed by atoms with Crippen LogP contribution in [-0.4, -0.2) is 21.3 Å². The molecule has 1 fully saturated rings. The van der Waals surface area contributed by atoms with Crippen LogP contribution in [0.2, 0.25) is 0 Å². The van der Waals surface area contributed by atoms with Gasteiger partial charge in [-0.2, -0.15) is 5.10 Å². The summed E-state index contributed by atoms with van der Waals surface area (Å²) < 4.78 is 7.43. The number of rotatable bonds is 2. The van der Waals surface area contributed by atoms with E-state index in [0.29, 0.717) is 12.0 Å². The summed E-state index contributed by atoms with van der Waals surface area (Å²) in [6.07, 6.45) is 4.55. The van der Waals surface area contributed by atoms with Crippen LogP contribution >= 0.6 is 0 Å². The molecule has 19 heavy (non-hydrogen) atoms. The quantitative estimate of drug-likeness (QED) is 0.508. The molecule has 1 aromatic carbocycles. The minimum Gasteiger partial charge on any atom is -0.393 e. The lowest BCUT2D eigenvalue weighted by molar-refractivity contribution is -0.383. The molecule has 2 N–H and O–H groups in total. The van der Waals surface area contributed by atoms with Crippen molar-refractivity contribution < 1.29 is 9.66 Å². The average Bonchev–Trinajstić information content (AvgIpc) is 2.81. The van der Waals surface area contributed by atoms with Crippen molar-refractivity contribution >= 4 is 22.3 Å². The lowest BCUT2D eigenvalue weighted by Crippen LogP contribution is -2.19. The molecule has 7 nitrogen and oxygen atoms in total. The number of fused-ring (bicyclic) bond motifs is 1. The number of hydrogen-bond donors (Lipinski definition) is 1. The molecule has 0 saturated carbocycles. The maximum Gasteiger partial charge on any atom is 0.292 e. The zero-order valence-corrected chi connectivity index (χ0v) is 10.3. The van der Waals surface area contributed by atoms with E-state index in [-0.39, 0.29) is 17.6 Å². The summed E-state index contributed by atoms with van der Waals surface area (Å²) in [4.78, 5) is 10.4. The fourth-order valence-corrected chi connectivity index (χ4v) is 2.40. The van der Waals surface area contributed by atoms with Crippen molar-refractivity contribution in [1.29, 1.82) is 0 Å². The molecule has 0 radical (unpaired) electrons. The van der Waals surface area contributed by atoms with Crippen LogP contribution in [0.15, 0.2) is 18.3 Å². The summed E-state index contributed by atoms with van der Waals surface area (Å²) >= 11 is 0. The van der Waals surface area contributed by atoms with Crippen molar-refractivity contribution in [2.75, 3.05) is 12.3 Å². The predicted octanol–water partition coefficient (Wildman–Crippen LogP) is 2.23. The van der Waals surface area contributed by atoms with Crippen molar-refractivity contribution in [3.05, 3.63) is 28.4 Å². The molecule has 3 rings (SSSR count). The lowest BCUT2D eigenvalue weighted by Gasteiger charge is -2.23. The van der Waals surface area contributed by atoms with E-state index < -0.39 is 4.92 Å². The Bertz CT molecular complexity index is 631. The smallest absolute Gasteiger partial charge is 0.292 e. The molecule has 1 saturated heterocycles. The molecule has 2 heterocycles. The van der Waals surface area contributed by atoms with Crippen molar-refractivity contribution in [2.24, 2.45) is 0 Å². The minimum absolute atomic E-state index is 0.0865. The second-order valence-corrected chi connectivity index (χ2v) is 4.64. The van der Waals surface area contributed by atoms with Crippen LogP contribution in [0, 0.1) is 10.1 Å². The van der Waals surface area contributed by atoms with E-state index in [9.17, 15) is 10.1 Å². The van der Waals surface area contributed by atoms with Gasteiger partial charge < -0.3 is 10.5 Å². The topological polar surface area (TPSA) is 96.2 Å². The van der Waals surface area contributed by atoms with Crippen LogP contribution in [0.25, 0.3) is 10.9 Å². The first-order valence-electron chi connectivity index (χ1n) is 6.19. The number of hydrogen-bond acceptors (Lipinski definition) is 5. The number of anilines is 1. The van der Waals surface area contributed by atoms with Crippen LogP contribution in [0.3, 0.4) is 0 Å². The maximum absolute atomic E-state index is 10.8. The predicted molar refractivity (Wildman–Crippen MR) is 69.6 cm³/mol. The second kappa shape index (κ2) is 4.51. The van der Waals surface area contributed by atoms with Gasteiger partial charge in [-0.1, -0.05) is 0 Å². The van der Waals surface area contributed by atoms with Crippen LogP contribution in [0.4, 0.5) is 11.4 Å². The fraction of sp³-hybridized carbons (Fsp3) is 0.417. The molecule has 0 bridgehead atoms. The van der Waals surface area contributed by atoms with Gasteiger partial charge in [-0.25, -0.2) is 4.68 Å². The number of nitro groups is 1. The standard InChI is InChI=1S/C12H14N4O3/c13-9-6-10-8(5-11(9)16(17)18)7-14-15(10)12-3-1-2-4-19-12/h5-7,12H,1-4,13H2. The normalized spacial score (nSPS) is 19.7. The van der Waals surface area contributed by atoms with Gasteiger partial charge in [-0.05, 0) is 25.3 Å². The molecule has 0 aliphatic carbocycles. The lowest BCUT2D eigenvalue weighted by atomic mass is 10.1. The van der Waals surface area contributed by atoms with Gasteiger partial charge in [0.1, 0.15) is 5.69 Å². The van der Waals surface area contributed by atoms with Crippen molar-refractivity contribution in [3.8, 4) is 0 Å². The van der Waals surface area contributed by atoms with Crippen LogP contribution in [-0.2, 0) is 4.74 Å². The highest BCUT2D eigenvalue weighted by atomic mass is 16.6. The summed E-state index contributed by atoms with van der Waals surface area (Å²) in [7, 11) is 0. The van der Waals surface area contributed by atoms with Crippen LogP contribution in [0.1, 0.15) is 25.5 Å². The molecular formula is C12H14N4O3. The summed E-state index contributed by atoms with van der Waals surface area (Å²) in [5, 5.41) is 15.8. The highest BCUT2D eigenvalue weighted by molar-refractivity contribution is 5.86. The Morgan fingerprint density at radius 2 is 2.32 bits per heavy atom. The highest BCUT2D eigenvalue weighted by Gasteiger charge is 2.21. The van der Waals surface area contributed by atoms with Gasteiger partial charge in [-0.15, -0.1) is 0 Å². The molecule has 100 valence electrons. The number of ether oxygens (including phenoxy) is 1. The van der Waals surface area contributed by atoms with E-state index in [1.807, 2.05) is 0 Å². The van der Waals surface area contributed by atoms with Gasteiger partial charge in [0.2, 0.25) is 0 Å². The van der Waals surface area contributed by atoms with Gasteiger partial charge in [0.15, 0.2) is 6.23 Å². The van der Waals surface area contributed by atoms with Gasteiger partial charge in [-0.3, -0.25) is 10.1 Å². The Kier molecular flexibility index (Phi) is 2.83. The molecular weight excluding hydrogens is 248 g/mol. The van der Waals surface area contributed by atoms with Crippen molar-refractivity contribution in [1.82, 2.24) is 9.78 Å². The molecule has 1 aliphatic heterocycles. The van der Waals surface area contributed by atoms with E-state index in [1.165, 1.54) is 6.07 Å². The SMILES string of the molecule is Nc1cc2c(cnn2C2CCCCO2)cc1[N+](=O)[O-]. The first kappa shape index (κ1) is 11.9. The van der Waals surface area contributed by atoms with E-state index >= 15 is 0 Å². The summed E-state index contributed by atoms with van der Waals surface area (Å²) in [6.45, 7) is 0.717. The van der Waals surface area contributed by atoms with E-state index in [4.69, 9.17) is 10.5 Å². The summed E-state index contributed by atoms with van der Waals surface area (Å²) in [5.41, 5.74) is 6.56. The minimum atomic E-state index is -0.483. The molecule has 2 aromatic rings. The third kappa shape index (κ3) is 2.01. The van der Waals surface area contributed by atoms with Crippen LogP contribution < -0.4 is 5.73 Å². The van der Waals surface area contributed by atoms with Gasteiger partial charge in [0.25, 0.3) is 5.69 Å². The molecule has 7 heteroatoms. The first-order chi connectivity index (χ1) is 9.16. The third-order valence-corrected chi connectivity index (χ3v) is 3.37. The molecule has 0 amide bonds. The van der Waals surface area contributed by atoms with Crippen molar-refractivity contribution in [3.63, 3.8) is 0 Å². The molecule has 1 aromatic heterocycles. The number of benzene rings is 1. The molecule has 1 unspecified atom stereocenters. The number of nitrogens with two attached hydrogens (primary N) is 1. The Morgan fingerprint density at radius 3 is 3.00 bits per heavy atom. The molecule has 1 aliphatic rings. The maximum atomic E-state index is 10.8. The largest absolute Gasteiger partial charge is 0.393 e. The highest BCUT2D eigenvalue weighted by Crippen LogP contribution is 2.31. The average molecular weight is 262 g/mol. The van der Waals surface area contributed by atoms with E-state index in [2.05, 4.69) is 5.10 Å². The monoisotopic (exact) mass is 262 g/mol. The summed E-state index contributed by atoms with van der Waals surface area (Å²) in [5.74, 6) is 0. The summed E-state index contributed by atoms with van der Waals surface area (Å²) in [6, 6.07) is 3.05. The third-order valence-electron chi connectivity index (χ3n) is 3.37. The van der Waals surface area contributed by atoms with Gasteiger partial charge in [0.05, 0.1) is 16.6 Å². The number of aromatic nitrogens is 2.